The van der Waals surface area contributed by atoms with Crippen LogP contribution in [0.15, 0.2) is 24.3 Å². The Hall–Kier alpha value is -1.55. The normalized spacial score (nSPS) is 22.1. The number of amides is 1. The molecular formula is C17H25NO3. The van der Waals surface area contributed by atoms with Crippen molar-refractivity contribution in [1.82, 2.24) is 5.32 Å². The van der Waals surface area contributed by atoms with Crippen LogP contribution in [0.4, 0.5) is 0 Å². The third kappa shape index (κ3) is 3.97. The summed E-state index contributed by atoms with van der Waals surface area (Å²) in [6, 6.07) is 7.20. The molecule has 0 bridgehead atoms. The first-order valence-corrected chi connectivity index (χ1v) is 7.45. The van der Waals surface area contributed by atoms with E-state index in [2.05, 4.69) is 26.1 Å². The van der Waals surface area contributed by atoms with Crippen molar-refractivity contribution in [3.63, 3.8) is 0 Å². The molecule has 0 radical (unpaired) electrons. The van der Waals surface area contributed by atoms with Crippen LogP contribution in [0.3, 0.4) is 0 Å². The van der Waals surface area contributed by atoms with Crippen molar-refractivity contribution in [2.75, 3.05) is 20.3 Å². The molecule has 21 heavy (non-hydrogen) atoms. The van der Waals surface area contributed by atoms with Crippen molar-refractivity contribution in [2.45, 2.75) is 33.3 Å². The standard InChI is InChI=1S/C17H25NO3/c1-17(2,3)15-13(8-9-21-15)11-18-16(19)12-6-5-7-14(10-12)20-4/h5-7,10,13,15H,8-9,11H2,1-4H3,(H,18,19)/t13-,15+/m1/s1. The second kappa shape index (κ2) is 6.48. The van der Waals surface area contributed by atoms with Crippen LogP contribution in [0.25, 0.3) is 0 Å². The van der Waals surface area contributed by atoms with Crippen molar-refractivity contribution < 1.29 is 14.3 Å². The van der Waals surface area contributed by atoms with Crippen LogP contribution in [-0.4, -0.2) is 32.3 Å². The molecule has 1 heterocycles. The summed E-state index contributed by atoms with van der Waals surface area (Å²) in [4.78, 5) is 12.2. The topological polar surface area (TPSA) is 47.6 Å². The zero-order chi connectivity index (χ0) is 15.5. The lowest BCUT2D eigenvalue weighted by Crippen LogP contribution is -2.38. The molecule has 1 fully saturated rings. The maximum atomic E-state index is 12.2. The van der Waals surface area contributed by atoms with E-state index in [9.17, 15) is 4.79 Å². The molecule has 0 aromatic heterocycles. The van der Waals surface area contributed by atoms with Gasteiger partial charge in [0.05, 0.1) is 13.2 Å². The van der Waals surface area contributed by atoms with Gasteiger partial charge in [-0.25, -0.2) is 0 Å². The Bertz CT molecular complexity index is 493. The van der Waals surface area contributed by atoms with Gasteiger partial charge in [0.1, 0.15) is 5.75 Å². The van der Waals surface area contributed by atoms with Crippen LogP contribution in [0.2, 0.25) is 0 Å². The van der Waals surface area contributed by atoms with E-state index < -0.39 is 0 Å². The number of rotatable bonds is 4. The first-order valence-electron chi connectivity index (χ1n) is 7.45. The summed E-state index contributed by atoms with van der Waals surface area (Å²) < 4.78 is 11.0. The Labute approximate surface area is 126 Å². The summed E-state index contributed by atoms with van der Waals surface area (Å²) >= 11 is 0. The highest BCUT2D eigenvalue weighted by molar-refractivity contribution is 5.94. The molecule has 2 rings (SSSR count). The SMILES string of the molecule is COc1cccc(C(=O)NC[C@H]2CCO[C@@H]2C(C)(C)C)c1. The van der Waals surface area contributed by atoms with Crippen LogP contribution in [-0.2, 0) is 4.74 Å². The summed E-state index contributed by atoms with van der Waals surface area (Å²) in [5, 5.41) is 3.02. The van der Waals surface area contributed by atoms with E-state index in [0.29, 0.717) is 23.8 Å². The van der Waals surface area contributed by atoms with Gasteiger partial charge < -0.3 is 14.8 Å². The Morgan fingerprint density at radius 3 is 2.86 bits per heavy atom. The van der Waals surface area contributed by atoms with E-state index in [4.69, 9.17) is 9.47 Å². The maximum absolute atomic E-state index is 12.2. The smallest absolute Gasteiger partial charge is 0.251 e. The van der Waals surface area contributed by atoms with Gasteiger partial charge in [-0.2, -0.15) is 0 Å². The highest BCUT2D eigenvalue weighted by Crippen LogP contribution is 2.34. The molecule has 0 aliphatic carbocycles. The zero-order valence-electron chi connectivity index (χ0n) is 13.3. The summed E-state index contributed by atoms with van der Waals surface area (Å²) in [6.07, 6.45) is 1.20. The quantitative estimate of drug-likeness (QED) is 0.928. The molecule has 0 spiro atoms. The molecule has 116 valence electrons. The van der Waals surface area contributed by atoms with Gasteiger partial charge in [-0.1, -0.05) is 26.8 Å². The van der Waals surface area contributed by atoms with Crippen LogP contribution in [0.1, 0.15) is 37.6 Å². The minimum Gasteiger partial charge on any atom is -0.497 e. The van der Waals surface area contributed by atoms with Gasteiger partial charge in [0.2, 0.25) is 0 Å². The lowest BCUT2D eigenvalue weighted by atomic mass is 9.81. The van der Waals surface area contributed by atoms with Gasteiger partial charge in [0.25, 0.3) is 5.91 Å². The second-order valence-electron chi connectivity index (χ2n) is 6.65. The molecule has 1 saturated heterocycles. The number of nitrogens with one attached hydrogen (secondary N) is 1. The van der Waals surface area contributed by atoms with Crippen molar-refractivity contribution in [3.8, 4) is 5.75 Å². The Balaban J connectivity index is 1.94. The number of ether oxygens (including phenoxy) is 2. The summed E-state index contributed by atoms with van der Waals surface area (Å²) in [6.45, 7) is 7.97. The van der Waals surface area contributed by atoms with E-state index in [1.54, 1.807) is 19.2 Å². The van der Waals surface area contributed by atoms with E-state index in [1.807, 2.05) is 12.1 Å². The lowest BCUT2D eigenvalue weighted by molar-refractivity contribution is 0.00737. The second-order valence-corrected chi connectivity index (χ2v) is 6.65. The highest BCUT2D eigenvalue weighted by Gasteiger charge is 2.37. The molecular weight excluding hydrogens is 266 g/mol. The third-order valence-electron chi connectivity index (χ3n) is 3.92. The fraction of sp³-hybridized carbons (Fsp3) is 0.588. The van der Waals surface area contributed by atoms with Crippen molar-refractivity contribution in [2.24, 2.45) is 11.3 Å². The number of methoxy groups -OCH3 is 1. The lowest BCUT2D eigenvalue weighted by Gasteiger charge is -2.31. The Kier molecular flexibility index (Phi) is 4.88. The molecule has 1 aromatic carbocycles. The molecule has 1 amide bonds. The van der Waals surface area contributed by atoms with Gasteiger partial charge in [-0.15, -0.1) is 0 Å². The van der Waals surface area contributed by atoms with Crippen molar-refractivity contribution in [1.29, 1.82) is 0 Å². The molecule has 4 nitrogen and oxygen atoms in total. The average molecular weight is 291 g/mol. The van der Waals surface area contributed by atoms with Gasteiger partial charge in [-0.3, -0.25) is 4.79 Å². The molecule has 4 heteroatoms. The van der Waals surface area contributed by atoms with Gasteiger partial charge in [0, 0.05) is 24.6 Å². The predicted octanol–water partition coefficient (Wildman–Crippen LogP) is 2.88. The molecule has 1 aliphatic heterocycles. The summed E-state index contributed by atoms with van der Waals surface area (Å²) in [5.41, 5.74) is 0.725. The molecule has 1 aliphatic rings. The Morgan fingerprint density at radius 2 is 2.19 bits per heavy atom. The van der Waals surface area contributed by atoms with Crippen molar-refractivity contribution in [3.05, 3.63) is 29.8 Å². The van der Waals surface area contributed by atoms with Crippen LogP contribution >= 0.6 is 0 Å². The third-order valence-corrected chi connectivity index (χ3v) is 3.92. The number of carbonyl (C=O) groups is 1. The number of benzene rings is 1. The van der Waals surface area contributed by atoms with Gasteiger partial charge in [-0.05, 0) is 30.0 Å². The molecule has 1 N–H and O–H groups in total. The minimum atomic E-state index is -0.0616. The van der Waals surface area contributed by atoms with Crippen LogP contribution < -0.4 is 10.1 Å². The molecule has 0 saturated carbocycles. The number of hydrogen-bond donors (Lipinski definition) is 1. The van der Waals surface area contributed by atoms with Crippen LogP contribution in [0, 0.1) is 11.3 Å². The number of hydrogen-bond acceptors (Lipinski definition) is 3. The first-order chi connectivity index (χ1) is 9.91. The fourth-order valence-corrected chi connectivity index (χ4v) is 2.89. The molecule has 0 unspecified atom stereocenters. The maximum Gasteiger partial charge on any atom is 0.251 e. The van der Waals surface area contributed by atoms with E-state index in [-0.39, 0.29) is 17.4 Å². The number of carbonyl (C=O) groups excluding carboxylic acids is 1. The van der Waals surface area contributed by atoms with E-state index in [0.717, 1.165) is 13.0 Å². The monoisotopic (exact) mass is 291 g/mol. The Morgan fingerprint density at radius 1 is 1.43 bits per heavy atom. The van der Waals surface area contributed by atoms with E-state index in [1.165, 1.54) is 0 Å². The zero-order valence-corrected chi connectivity index (χ0v) is 13.3. The molecule has 2 atom stereocenters. The first kappa shape index (κ1) is 15.8. The molecule has 1 aromatic rings. The van der Waals surface area contributed by atoms with E-state index >= 15 is 0 Å². The largest absolute Gasteiger partial charge is 0.497 e. The fourth-order valence-electron chi connectivity index (χ4n) is 2.89. The summed E-state index contributed by atoms with van der Waals surface area (Å²) in [5.74, 6) is 1.01. The predicted molar refractivity (Wildman–Crippen MR) is 82.6 cm³/mol. The minimum absolute atomic E-state index is 0.0616. The average Bonchev–Trinajstić information content (AvgIpc) is 2.93. The highest BCUT2D eigenvalue weighted by atomic mass is 16.5. The van der Waals surface area contributed by atoms with Crippen LogP contribution in [0.5, 0.6) is 5.75 Å². The van der Waals surface area contributed by atoms with Gasteiger partial charge >= 0.3 is 0 Å². The van der Waals surface area contributed by atoms with Gasteiger partial charge in [0.15, 0.2) is 0 Å². The van der Waals surface area contributed by atoms with Crippen molar-refractivity contribution >= 4 is 5.91 Å². The summed E-state index contributed by atoms with van der Waals surface area (Å²) in [7, 11) is 1.60.